The van der Waals surface area contributed by atoms with Gasteiger partial charge in [-0.1, -0.05) is 66.2 Å². The maximum Gasteiger partial charge on any atom is 0.416 e. The number of carbonyl (C=O) groups excluding carboxylic acids is 1. The van der Waals surface area contributed by atoms with E-state index in [1.807, 2.05) is 48.5 Å². The van der Waals surface area contributed by atoms with E-state index in [0.29, 0.717) is 17.9 Å². The Morgan fingerprint density at radius 3 is 2.19 bits per heavy atom. The molecule has 3 aromatic carbocycles. The zero-order valence-corrected chi connectivity index (χ0v) is 18.3. The maximum atomic E-state index is 12.8. The molecule has 0 aliphatic heterocycles. The SMILES string of the molecule is CNC(=O)[C@H](N[C@@H](CCc1ccc(C(F)(F)F)cc1)c1cccc(Cl)c1)c1ccccc1. The molecule has 3 nitrogen and oxygen atoms in total. The molecule has 0 heterocycles. The van der Waals surface area contributed by atoms with Crippen LogP contribution in [0.15, 0.2) is 78.9 Å². The van der Waals surface area contributed by atoms with E-state index in [2.05, 4.69) is 10.6 Å². The molecule has 1 amide bonds. The zero-order chi connectivity index (χ0) is 23.1. The van der Waals surface area contributed by atoms with Gasteiger partial charge in [0.2, 0.25) is 5.91 Å². The lowest BCUT2D eigenvalue weighted by atomic mass is 9.96. The van der Waals surface area contributed by atoms with Gasteiger partial charge in [0.25, 0.3) is 0 Å². The van der Waals surface area contributed by atoms with Crippen molar-refractivity contribution in [2.24, 2.45) is 0 Å². The molecule has 0 fully saturated rings. The summed E-state index contributed by atoms with van der Waals surface area (Å²) in [5.41, 5.74) is 1.82. The third-order valence-corrected chi connectivity index (χ3v) is 5.50. The van der Waals surface area contributed by atoms with Gasteiger partial charge in [0.15, 0.2) is 0 Å². The molecule has 0 unspecified atom stereocenters. The summed E-state index contributed by atoms with van der Waals surface area (Å²) < 4.78 is 38.5. The fourth-order valence-electron chi connectivity index (χ4n) is 3.56. The second-order valence-electron chi connectivity index (χ2n) is 7.47. The predicted octanol–water partition coefficient (Wildman–Crippen LogP) is 6.11. The van der Waals surface area contributed by atoms with Crippen LogP contribution in [0, 0.1) is 0 Å². The summed E-state index contributed by atoms with van der Waals surface area (Å²) in [5.74, 6) is -0.183. The Morgan fingerprint density at radius 1 is 0.938 bits per heavy atom. The van der Waals surface area contributed by atoms with E-state index < -0.39 is 17.8 Å². The predicted molar refractivity (Wildman–Crippen MR) is 120 cm³/mol. The fourth-order valence-corrected chi connectivity index (χ4v) is 3.75. The number of aryl methyl sites for hydroxylation is 1. The van der Waals surface area contributed by atoms with Gasteiger partial charge in [0.1, 0.15) is 6.04 Å². The molecule has 3 rings (SSSR count). The van der Waals surface area contributed by atoms with Gasteiger partial charge in [-0.05, 0) is 53.8 Å². The highest BCUT2D eigenvalue weighted by molar-refractivity contribution is 6.30. The third kappa shape index (κ3) is 6.34. The van der Waals surface area contributed by atoms with Gasteiger partial charge in [-0.25, -0.2) is 0 Å². The Hall–Kier alpha value is -2.83. The monoisotopic (exact) mass is 460 g/mol. The minimum atomic E-state index is -4.36. The Bertz CT molecular complexity index is 1020. The van der Waals surface area contributed by atoms with Gasteiger partial charge in [-0.15, -0.1) is 0 Å². The van der Waals surface area contributed by atoms with Crippen LogP contribution in [0.1, 0.15) is 40.8 Å². The Labute approximate surface area is 190 Å². The van der Waals surface area contributed by atoms with Gasteiger partial charge >= 0.3 is 6.18 Å². The smallest absolute Gasteiger partial charge is 0.358 e. The van der Waals surface area contributed by atoms with Gasteiger partial charge in [0.05, 0.1) is 5.56 Å². The van der Waals surface area contributed by atoms with Crippen molar-refractivity contribution in [3.63, 3.8) is 0 Å². The van der Waals surface area contributed by atoms with E-state index in [0.717, 1.165) is 28.8 Å². The van der Waals surface area contributed by atoms with E-state index in [9.17, 15) is 18.0 Å². The maximum absolute atomic E-state index is 12.8. The van der Waals surface area contributed by atoms with Crippen molar-refractivity contribution in [2.45, 2.75) is 31.1 Å². The van der Waals surface area contributed by atoms with Crippen LogP contribution in [-0.4, -0.2) is 13.0 Å². The topological polar surface area (TPSA) is 41.1 Å². The number of hydrogen-bond donors (Lipinski definition) is 2. The molecule has 0 aliphatic carbocycles. The first-order chi connectivity index (χ1) is 15.3. The van der Waals surface area contributed by atoms with Gasteiger partial charge < -0.3 is 5.32 Å². The second-order valence-corrected chi connectivity index (χ2v) is 7.90. The molecule has 168 valence electrons. The van der Waals surface area contributed by atoms with E-state index >= 15 is 0 Å². The third-order valence-electron chi connectivity index (χ3n) is 5.26. The molecule has 0 saturated carbocycles. The molecule has 7 heteroatoms. The van der Waals surface area contributed by atoms with Crippen LogP contribution in [0.3, 0.4) is 0 Å². The van der Waals surface area contributed by atoms with Crippen LogP contribution in [0.5, 0.6) is 0 Å². The molecule has 3 aromatic rings. The van der Waals surface area contributed by atoms with E-state index in [1.165, 1.54) is 12.1 Å². The summed E-state index contributed by atoms with van der Waals surface area (Å²) in [7, 11) is 1.58. The van der Waals surface area contributed by atoms with Crippen molar-refractivity contribution < 1.29 is 18.0 Å². The van der Waals surface area contributed by atoms with Gasteiger partial charge in [0, 0.05) is 18.1 Å². The largest absolute Gasteiger partial charge is 0.416 e. The first-order valence-corrected chi connectivity index (χ1v) is 10.6. The van der Waals surface area contributed by atoms with Crippen molar-refractivity contribution in [1.29, 1.82) is 0 Å². The summed E-state index contributed by atoms with van der Waals surface area (Å²) in [6.07, 6.45) is -3.27. The fraction of sp³-hybridized carbons (Fsp3) is 0.240. The molecule has 2 atom stereocenters. The number of amides is 1. The molecule has 0 bridgehead atoms. The Morgan fingerprint density at radius 2 is 1.59 bits per heavy atom. The van der Waals surface area contributed by atoms with Crippen molar-refractivity contribution >= 4 is 17.5 Å². The summed E-state index contributed by atoms with van der Waals surface area (Å²) >= 11 is 6.20. The normalized spacial score (nSPS) is 13.4. The number of likely N-dealkylation sites (N-methyl/N-ethyl adjacent to an activating group) is 1. The van der Waals surface area contributed by atoms with Crippen LogP contribution < -0.4 is 10.6 Å². The van der Waals surface area contributed by atoms with Crippen molar-refractivity contribution in [2.75, 3.05) is 7.05 Å². The standard InChI is InChI=1S/C25H24ClF3N2O/c1-30-24(32)23(18-6-3-2-4-7-18)31-22(19-8-5-9-21(26)16-19)15-12-17-10-13-20(14-11-17)25(27,28)29/h2-11,13-14,16,22-23,31H,12,15H2,1H3,(H,30,32)/t22-,23+/m0/s1. The molecule has 0 radical (unpaired) electrons. The molecule has 0 aliphatic rings. The van der Waals surface area contributed by atoms with Crippen LogP contribution in [0.4, 0.5) is 13.2 Å². The highest BCUT2D eigenvalue weighted by Gasteiger charge is 2.30. The van der Waals surface area contributed by atoms with Crippen molar-refractivity contribution in [3.05, 3.63) is 106 Å². The second kappa shape index (κ2) is 10.7. The Kier molecular flexibility index (Phi) is 7.94. The summed E-state index contributed by atoms with van der Waals surface area (Å²) in [6, 6.07) is 21.0. The number of nitrogens with one attached hydrogen (secondary N) is 2. The lowest BCUT2D eigenvalue weighted by Crippen LogP contribution is -2.38. The van der Waals surface area contributed by atoms with E-state index in [-0.39, 0.29) is 11.9 Å². The average molecular weight is 461 g/mol. The van der Waals surface area contributed by atoms with Crippen LogP contribution in [0.25, 0.3) is 0 Å². The van der Waals surface area contributed by atoms with Crippen LogP contribution in [0.2, 0.25) is 5.02 Å². The first-order valence-electron chi connectivity index (χ1n) is 10.2. The number of benzene rings is 3. The van der Waals surface area contributed by atoms with E-state index in [4.69, 9.17) is 11.6 Å². The van der Waals surface area contributed by atoms with E-state index in [1.54, 1.807) is 13.1 Å². The van der Waals surface area contributed by atoms with Crippen LogP contribution in [-0.2, 0) is 17.4 Å². The minimum absolute atomic E-state index is 0.183. The van der Waals surface area contributed by atoms with Crippen molar-refractivity contribution in [1.82, 2.24) is 10.6 Å². The first kappa shape index (κ1) is 23.8. The lowest BCUT2D eigenvalue weighted by molar-refractivity contribution is -0.137. The molecular formula is C25H24ClF3N2O. The molecule has 2 N–H and O–H groups in total. The number of halogens is 4. The van der Waals surface area contributed by atoms with Gasteiger partial charge in [-0.2, -0.15) is 13.2 Å². The molecule has 32 heavy (non-hydrogen) atoms. The number of alkyl halides is 3. The highest BCUT2D eigenvalue weighted by atomic mass is 35.5. The molecule has 0 spiro atoms. The number of rotatable bonds is 8. The summed E-state index contributed by atoms with van der Waals surface area (Å²) in [5, 5.41) is 6.68. The van der Waals surface area contributed by atoms with Crippen LogP contribution >= 0.6 is 11.6 Å². The quantitative estimate of drug-likeness (QED) is 0.426. The average Bonchev–Trinajstić information content (AvgIpc) is 2.79. The summed E-state index contributed by atoms with van der Waals surface area (Å²) in [4.78, 5) is 12.6. The zero-order valence-electron chi connectivity index (χ0n) is 17.5. The number of carbonyl (C=O) groups is 1. The Balaban J connectivity index is 1.84. The van der Waals surface area contributed by atoms with Crippen molar-refractivity contribution in [3.8, 4) is 0 Å². The summed E-state index contributed by atoms with van der Waals surface area (Å²) in [6.45, 7) is 0. The number of hydrogen-bond acceptors (Lipinski definition) is 2. The van der Waals surface area contributed by atoms with Gasteiger partial charge in [-0.3, -0.25) is 10.1 Å². The molecule has 0 saturated heterocycles. The lowest BCUT2D eigenvalue weighted by Gasteiger charge is -2.26. The molecule has 0 aromatic heterocycles. The molecular weight excluding hydrogens is 437 g/mol. The minimum Gasteiger partial charge on any atom is -0.358 e. The highest BCUT2D eigenvalue weighted by Crippen LogP contribution is 2.30.